The minimum atomic E-state index is -4.70. The van der Waals surface area contributed by atoms with Gasteiger partial charge in [0, 0.05) is 12.3 Å². The van der Waals surface area contributed by atoms with Gasteiger partial charge in [-0.05, 0) is 38.0 Å². The standard InChI is InChI=1S/C14H18F2N2O4S/c1-9(12-6-3-7-22-12)17-14(19)18-10-4-2-5-11(8-10)23(20,21)13(15)16/h2,4-5,8-9,12-13H,3,6-7H2,1H3,(H2,17,18,19)/t9-,12+/m0/s1. The summed E-state index contributed by atoms with van der Waals surface area (Å²) in [7, 11) is -4.70. The topological polar surface area (TPSA) is 84.5 Å². The van der Waals surface area contributed by atoms with Crippen LogP contribution in [0.15, 0.2) is 29.2 Å². The summed E-state index contributed by atoms with van der Waals surface area (Å²) in [5.74, 6) is -3.51. The quantitative estimate of drug-likeness (QED) is 0.856. The highest BCUT2D eigenvalue weighted by molar-refractivity contribution is 7.91. The average molecular weight is 348 g/mol. The highest BCUT2D eigenvalue weighted by atomic mass is 32.2. The van der Waals surface area contributed by atoms with Crippen molar-refractivity contribution in [2.24, 2.45) is 0 Å². The molecule has 1 aromatic carbocycles. The lowest BCUT2D eigenvalue weighted by molar-refractivity contribution is 0.0868. The van der Waals surface area contributed by atoms with E-state index in [0.717, 1.165) is 25.0 Å². The molecule has 2 amide bonds. The minimum Gasteiger partial charge on any atom is -0.376 e. The zero-order valence-electron chi connectivity index (χ0n) is 12.5. The molecular weight excluding hydrogens is 330 g/mol. The van der Waals surface area contributed by atoms with Crippen LogP contribution in [0.3, 0.4) is 0 Å². The number of ether oxygens (including phenoxy) is 1. The molecule has 0 aliphatic carbocycles. The van der Waals surface area contributed by atoms with E-state index in [0.29, 0.717) is 6.61 Å². The zero-order chi connectivity index (χ0) is 17.0. The number of sulfone groups is 1. The number of benzene rings is 1. The second-order valence-electron chi connectivity index (χ2n) is 5.27. The van der Waals surface area contributed by atoms with Gasteiger partial charge in [0.1, 0.15) is 0 Å². The summed E-state index contributed by atoms with van der Waals surface area (Å²) in [5.41, 5.74) is 0.115. The lowest BCUT2D eigenvalue weighted by Crippen LogP contribution is -2.43. The Labute approximate surface area is 133 Å². The molecule has 1 aromatic rings. The molecular formula is C14H18F2N2O4S. The smallest absolute Gasteiger partial charge is 0.341 e. The van der Waals surface area contributed by atoms with Gasteiger partial charge in [-0.25, -0.2) is 13.2 Å². The molecule has 0 saturated carbocycles. The molecule has 0 radical (unpaired) electrons. The molecule has 1 aliphatic heterocycles. The average Bonchev–Trinajstić information content (AvgIpc) is 3.01. The fraction of sp³-hybridized carbons (Fsp3) is 0.500. The molecule has 9 heteroatoms. The van der Waals surface area contributed by atoms with Gasteiger partial charge in [0.25, 0.3) is 0 Å². The maximum absolute atomic E-state index is 12.5. The van der Waals surface area contributed by atoms with Crippen molar-refractivity contribution in [3.05, 3.63) is 24.3 Å². The van der Waals surface area contributed by atoms with E-state index in [1.165, 1.54) is 12.1 Å². The van der Waals surface area contributed by atoms with Crippen LogP contribution in [0, 0.1) is 0 Å². The van der Waals surface area contributed by atoms with Crippen molar-refractivity contribution in [3.63, 3.8) is 0 Å². The number of carbonyl (C=O) groups excluding carboxylic acids is 1. The largest absolute Gasteiger partial charge is 0.376 e. The maximum Gasteiger partial charge on any atom is 0.341 e. The van der Waals surface area contributed by atoms with Gasteiger partial charge in [-0.1, -0.05) is 6.07 Å². The van der Waals surface area contributed by atoms with Crippen LogP contribution in [0.2, 0.25) is 0 Å². The van der Waals surface area contributed by atoms with E-state index in [1.54, 1.807) is 6.92 Å². The predicted molar refractivity (Wildman–Crippen MR) is 80.2 cm³/mol. The lowest BCUT2D eigenvalue weighted by Gasteiger charge is -2.20. The first-order valence-electron chi connectivity index (χ1n) is 7.12. The molecule has 0 bridgehead atoms. The third-order valence-corrected chi connectivity index (χ3v) is 4.92. The molecule has 23 heavy (non-hydrogen) atoms. The lowest BCUT2D eigenvalue weighted by atomic mass is 10.1. The van der Waals surface area contributed by atoms with Crippen LogP contribution in [-0.4, -0.2) is 39.0 Å². The van der Waals surface area contributed by atoms with Crippen LogP contribution in [0.4, 0.5) is 19.3 Å². The summed E-state index contributed by atoms with van der Waals surface area (Å²) < 4.78 is 53.4. The molecule has 6 nitrogen and oxygen atoms in total. The Hall–Kier alpha value is -1.74. The van der Waals surface area contributed by atoms with Gasteiger partial charge in [0.2, 0.25) is 9.84 Å². The minimum absolute atomic E-state index is 0.0636. The van der Waals surface area contributed by atoms with Crippen molar-refractivity contribution >= 4 is 21.6 Å². The number of hydrogen-bond donors (Lipinski definition) is 2. The Morgan fingerprint density at radius 3 is 2.74 bits per heavy atom. The summed E-state index contributed by atoms with van der Waals surface area (Å²) in [5, 5.41) is 5.11. The summed E-state index contributed by atoms with van der Waals surface area (Å²) in [6.07, 6.45) is 1.72. The Morgan fingerprint density at radius 1 is 1.39 bits per heavy atom. The Kier molecular flexibility index (Phi) is 5.53. The van der Waals surface area contributed by atoms with E-state index in [-0.39, 0.29) is 17.8 Å². The van der Waals surface area contributed by atoms with Crippen molar-refractivity contribution in [2.75, 3.05) is 11.9 Å². The Balaban J connectivity index is 2.01. The fourth-order valence-electron chi connectivity index (χ4n) is 2.32. The van der Waals surface area contributed by atoms with E-state index in [1.807, 2.05) is 0 Å². The van der Waals surface area contributed by atoms with Crippen LogP contribution in [0.5, 0.6) is 0 Å². The van der Waals surface area contributed by atoms with Gasteiger partial charge < -0.3 is 15.4 Å². The molecule has 1 aliphatic rings. The summed E-state index contributed by atoms with van der Waals surface area (Å²) in [4.78, 5) is 11.4. The first-order chi connectivity index (χ1) is 10.8. The van der Waals surface area contributed by atoms with Crippen LogP contribution in [0.25, 0.3) is 0 Å². The molecule has 2 rings (SSSR count). The van der Waals surface area contributed by atoms with E-state index in [4.69, 9.17) is 4.74 Å². The first-order valence-corrected chi connectivity index (χ1v) is 8.66. The van der Waals surface area contributed by atoms with Crippen LogP contribution in [0.1, 0.15) is 19.8 Å². The number of urea groups is 1. The molecule has 2 atom stereocenters. The predicted octanol–water partition coefficient (Wildman–Crippen LogP) is 2.37. The number of halogens is 2. The number of carbonyl (C=O) groups is 1. The molecule has 128 valence electrons. The molecule has 1 fully saturated rings. The van der Waals surface area contributed by atoms with Gasteiger partial charge in [-0.15, -0.1) is 0 Å². The molecule has 0 unspecified atom stereocenters. The second kappa shape index (κ2) is 7.22. The molecule has 1 heterocycles. The Bertz CT molecular complexity index is 660. The van der Waals surface area contributed by atoms with E-state index >= 15 is 0 Å². The fourth-order valence-corrected chi connectivity index (χ4v) is 3.08. The van der Waals surface area contributed by atoms with Crippen molar-refractivity contribution in [3.8, 4) is 0 Å². The van der Waals surface area contributed by atoms with E-state index < -0.39 is 26.5 Å². The number of hydrogen-bond acceptors (Lipinski definition) is 4. The van der Waals surface area contributed by atoms with Gasteiger partial charge >= 0.3 is 11.8 Å². The van der Waals surface area contributed by atoms with Gasteiger partial charge in [0.15, 0.2) is 0 Å². The number of alkyl halides is 2. The third kappa shape index (κ3) is 4.38. The van der Waals surface area contributed by atoms with Gasteiger partial charge in [0.05, 0.1) is 17.0 Å². The maximum atomic E-state index is 12.5. The van der Waals surface area contributed by atoms with E-state index in [2.05, 4.69) is 10.6 Å². The monoisotopic (exact) mass is 348 g/mol. The van der Waals surface area contributed by atoms with Gasteiger partial charge in [-0.3, -0.25) is 0 Å². The SMILES string of the molecule is C[C@H](NC(=O)Nc1cccc(S(=O)(=O)C(F)F)c1)[C@H]1CCCO1. The van der Waals surface area contributed by atoms with Crippen molar-refractivity contribution in [1.29, 1.82) is 0 Å². The normalized spacial score (nSPS) is 19.6. The first kappa shape index (κ1) is 17.6. The second-order valence-corrected chi connectivity index (χ2v) is 7.19. The molecule has 0 aromatic heterocycles. The highest BCUT2D eigenvalue weighted by Crippen LogP contribution is 2.21. The molecule has 1 saturated heterocycles. The zero-order valence-corrected chi connectivity index (χ0v) is 13.3. The number of rotatable bonds is 5. The number of amides is 2. The van der Waals surface area contributed by atoms with Gasteiger partial charge in [-0.2, -0.15) is 8.78 Å². The summed E-state index contributed by atoms with van der Waals surface area (Å²) in [6.45, 7) is 2.46. The van der Waals surface area contributed by atoms with Crippen LogP contribution >= 0.6 is 0 Å². The third-order valence-electron chi connectivity index (χ3n) is 3.54. The molecule has 0 spiro atoms. The number of anilines is 1. The van der Waals surface area contributed by atoms with Crippen molar-refractivity contribution in [2.45, 2.75) is 42.6 Å². The van der Waals surface area contributed by atoms with E-state index in [9.17, 15) is 22.0 Å². The highest BCUT2D eigenvalue weighted by Gasteiger charge is 2.27. The van der Waals surface area contributed by atoms with Crippen molar-refractivity contribution < 1.29 is 26.7 Å². The van der Waals surface area contributed by atoms with Crippen LogP contribution < -0.4 is 10.6 Å². The van der Waals surface area contributed by atoms with Crippen molar-refractivity contribution in [1.82, 2.24) is 5.32 Å². The number of nitrogens with one attached hydrogen (secondary N) is 2. The summed E-state index contributed by atoms with van der Waals surface area (Å²) >= 11 is 0. The van der Waals surface area contributed by atoms with Crippen LogP contribution in [-0.2, 0) is 14.6 Å². The Morgan fingerprint density at radius 2 is 2.13 bits per heavy atom. The summed E-state index contributed by atoms with van der Waals surface area (Å²) in [6, 6.07) is 3.98. The molecule has 2 N–H and O–H groups in total.